The summed E-state index contributed by atoms with van der Waals surface area (Å²) in [6, 6.07) is 19.4. The minimum Gasteiger partial charge on any atom is -0.493 e. The fourth-order valence-electron chi connectivity index (χ4n) is 3.42. The molecule has 2 aromatic rings. The second kappa shape index (κ2) is 8.05. The van der Waals surface area contributed by atoms with E-state index in [2.05, 4.69) is 80.3 Å². The van der Waals surface area contributed by atoms with Crippen LogP contribution >= 0.6 is 0 Å². The molecule has 1 fully saturated rings. The molecule has 0 spiro atoms. The molecule has 2 heteroatoms. The monoisotopic (exact) mass is 337 g/mol. The molecule has 134 valence electrons. The fraction of sp³-hybridized carbons (Fsp3) is 0.478. The smallest absolute Gasteiger partial charge is 0.119 e. The predicted molar refractivity (Wildman–Crippen MR) is 105 cm³/mol. The van der Waals surface area contributed by atoms with Gasteiger partial charge in [-0.05, 0) is 60.5 Å². The summed E-state index contributed by atoms with van der Waals surface area (Å²) >= 11 is 0. The number of hydrogen-bond acceptors (Lipinski definition) is 2. The lowest BCUT2D eigenvalue weighted by atomic mass is 9.87. The van der Waals surface area contributed by atoms with Crippen molar-refractivity contribution in [3.05, 3.63) is 65.7 Å². The average Bonchev–Trinajstić information content (AvgIpc) is 2.62. The molecule has 3 rings (SSSR count). The van der Waals surface area contributed by atoms with Gasteiger partial charge in [-0.15, -0.1) is 0 Å². The van der Waals surface area contributed by atoms with E-state index in [0.29, 0.717) is 5.92 Å². The topological polar surface area (TPSA) is 12.5 Å². The van der Waals surface area contributed by atoms with E-state index in [1.807, 2.05) is 0 Å². The Hall–Kier alpha value is -1.80. The van der Waals surface area contributed by atoms with Gasteiger partial charge in [0.2, 0.25) is 0 Å². The molecule has 0 N–H and O–H groups in total. The molecule has 1 heterocycles. The quantitative estimate of drug-likeness (QED) is 0.736. The third-order valence-electron chi connectivity index (χ3n) is 5.16. The SMILES string of the molecule is CC(C)(C)c1ccc(OCC2CCN(Cc3ccccc3)CC2)cc1. The Morgan fingerprint density at radius 1 is 0.920 bits per heavy atom. The zero-order valence-corrected chi connectivity index (χ0v) is 15.9. The van der Waals surface area contributed by atoms with Crippen molar-refractivity contribution in [2.75, 3.05) is 19.7 Å². The van der Waals surface area contributed by atoms with Gasteiger partial charge in [-0.2, -0.15) is 0 Å². The van der Waals surface area contributed by atoms with E-state index in [9.17, 15) is 0 Å². The van der Waals surface area contributed by atoms with Crippen LogP contribution in [0.4, 0.5) is 0 Å². The molecule has 0 aliphatic carbocycles. The van der Waals surface area contributed by atoms with Gasteiger partial charge in [-0.3, -0.25) is 4.90 Å². The number of piperidine rings is 1. The highest BCUT2D eigenvalue weighted by atomic mass is 16.5. The standard InChI is InChI=1S/C23H31NO/c1-23(2,3)21-9-11-22(12-10-21)25-18-20-13-15-24(16-14-20)17-19-7-5-4-6-8-19/h4-12,20H,13-18H2,1-3H3. The zero-order valence-electron chi connectivity index (χ0n) is 15.9. The minimum atomic E-state index is 0.199. The number of hydrogen-bond donors (Lipinski definition) is 0. The Kier molecular flexibility index (Phi) is 5.80. The summed E-state index contributed by atoms with van der Waals surface area (Å²) < 4.78 is 6.05. The number of likely N-dealkylation sites (tertiary alicyclic amines) is 1. The van der Waals surface area contributed by atoms with Crippen LogP contribution in [0.2, 0.25) is 0 Å². The van der Waals surface area contributed by atoms with Crippen molar-refractivity contribution < 1.29 is 4.74 Å². The van der Waals surface area contributed by atoms with Crippen LogP contribution in [0.5, 0.6) is 5.75 Å². The van der Waals surface area contributed by atoms with Crippen molar-refractivity contribution in [3.63, 3.8) is 0 Å². The molecule has 0 unspecified atom stereocenters. The molecule has 2 aromatic carbocycles. The van der Waals surface area contributed by atoms with Crippen LogP contribution in [-0.4, -0.2) is 24.6 Å². The van der Waals surface area contributed by atoms with E-state index in [-0.39, 0.29) is 5.41 Å². The number of benzene rings is 2. The Morgan fingerprint density at radius 2 is 1.56 bits per heavy atom. The molecule has 0 radical (unpaired) electrons. The third-order valence-corrected chi connectivity index (χ3v) is 5.16. The molecular formula is C23H31NO. The first-order chi connectivity index (χ1) is 12.0. The number of ether oxygens (including phenoxy) is 1. The number of nitrogens with zero attached hydrogens (tertiary/aromatic N) is 1. The summed E-state index contributed by atoms with van der Waals surface area (Å²) in [4.78, 5) is 2.56. The Bertz CT molecular complexity index is 634. The first-order valence-electron chi connectivity index (χ1n) is 9.50. The van der Waals surface area contributed by atoms with Gasteiger partial charge >= 0.3 is 0 Å². The van der Waals surface area contributed by atoms with Crippen molar-refractivity contribution in [2.45, 2.75) is 45.6 Å². The Balaban J connectivity index is 1.42. The second-order valence-corrected chi connectivity index (χ2v) is 8.29. The highest BCUT2D eigenvalue weighted by molar-refractivity contribution is 5.31. The first-order valence-corrected chi connectivity index (χ1v) is 9.50. The maximum absolute atomic E-state index is 6.05. The van der Waals surface area contributed by atoms with Crippen LogP contribution in [0.1, 0.15) is 44.7 Å². The van der Waals surface area contributed by atoms with Crippen molar-refractivity contribution in [1.29, 1.82) is 0 Å². The molecule has 0 atom stereocenters. The number of rotatable bonds is 5. The van der Waals surface area contributed by atoms with Crippen LogP contribution in [-0.2, 0) is 12.0 Å². The normalized spacial score (nSPS) is 16.8. The summed E-state index contributed by atoms with van der Waals surface area (Å²) in [5.74, 6) is 1.68. The highest BCUT2D eigenvalue weighted by Crippen LogP contribution is 2.25. The summed E-state index contributed by atoms with van der Waals surface area (Å²) in [6.45, 7) is 11.0. The van der Waals surface area contributed by atoms with Crippen molar-refractivity contribution in [1.82, 2.24) is 4.90 Å². The fourth-order valence-corrected chi connectivity index (χ4v) is 3.42. The van der Waals surface area contributed by atoms with Crippen molar-refractivity contribution in [3.8, 4) is 5.75 Å². The summed E-state index contributed by atoms with van der Waals surface area (Å²) in [6.07, 6.45) is 2.46. The highest BCUT2D eigenvalue weighted by Gasteiger charge is 2.20. The van der Waals surface area contributed by atoms with Gasteiger partial charge < -0.3 is 4.74 Å². The van der Waals surface area contributed by atoms with Crippen LogP contribution in [0.3, 0.4) is 0 Å². The second-order valence-electron chi connectivity index (χ2n) is 8.29. The van der Waals surface area contributed by atoms with Gasteiger partial charge in [0.05, 0.1) is 6.61 Å². The lowest BCUT2D eigenvalue weighted by molar-refractivity contribution is 0.136. The van der Waals surface area contributed by atoms with Crippen molar-refractivity contribution >= 4 is 0 Å². The first kappa shape index (κ1) is 18.0. The van der Waals surface area contributed by atoms with E-state index in [0.717, 1.165) is 18.9 Å². The van der Waals surface area contributed by atoms with Gasteiger partial charge in [0, 0.05) is 6.54 Å². The van der Waals surface area contributed by atoms with E-state index >= 15 is 0 Å². The van der Waals surface area contributed by atoms with Gasteiger partial charge in [-0.25, -0.2) is 0 Å². The molecule has 0 bridgehead atoms. The average molecular weight is 338 g/mol. The third kappa shape index (κ3) is 5.34. The molecule has 1 saturated heterocycles. The predicted octanol–water partition coefficient (Wildman–Crippen LogP) is 5.28. The lowest BCUT2D eigenvalue weighted by Crippen LogP contribution is -2.35. The van der Waals surface area contributed by atoms with Gasteiger partial charge in [0.25, 0.3) is 0 Å². The van der Waals surface area contributed by atoms with Gasteiger partial charge in [0.15, 0.2) is 0 Å². The maximum Gasteiger partial charge on any atom is 0.119 e. The van der Waals surface area contributed by atoms with Crippen LogP contribution < -0.4 is 4.74 Å². The van der Waals surface area contributed by atoms with Crippen LogP contribution in [0.25, 0.3) is 0 Å². The molecular weight excluding hydrogens is 306 g/mol. The summed E-state index contributed by atoms with van der Waals surface area (Å²) in [5.41, 5.74) is 2.97. The molecule has 1 aliphatic heterocycles. The van der Waals surface area contributed by atoms with Crippen LogP contribution in [0.15, 0.2) is 54.6 Å². The Labute approximate surface area is 152 Å². The van der Waals surface area contributed by atoms with Crippen molar-refractivity contribution in [2.24, 2.45) is 5.92 Å². The maximum atomic E-state index is 6.05. The molecule has 0 aromatic heterocycles. The summed E-state index contributed by atoms with van der Waals surface area (Å²) in [7, 11) is 0. The van der Waals surface area contributed by atoms with E-state index in [4.69, 9.17) is 4.74 Å². The van der Waals surface area contributed by atoms with E-state index in [1.54, 1.807) is 0 Å². The van der Waals surface area contributed by atoms with Crippen LogP contribution in [0, 0.1) is 5.92 Å². The minimum absolute atomic E-state index is 0.199. The largest absolute Gasteiger partial charge is 0.493 e. The summed E-state index contributed by atoms with van der Waals surface area (Å²) in [5, 5.41) is 0. The Morgan fingerprint density at radius 3 is 2.16 bits per heavy atom. The lowest BCUT2D eigenvalue weighted by Gasteiger charge is -2.31. The molecule has 2 nitrogen and oxygen atoms in total. The van der Waals surface area contributed by atoms with E-state index < -0.39 is 0 Å². The zero-order chi connectivity index (χ0) is 17.7. The molecule has 25 heavy (non-hydrogen) atoms. The molecule has 1 aliphatic rings. The van der Waals surface area contributed by atoms with Gasteiger partial charge in [0.1, 0.15) is 5.75 Å². The molecule has 0 saturated carbocycles. The molecule has 0 amide bonds. The van der Waals surface area contributed by atoms with Gasteiger partial charge in [-0.1, -0.05) is 63.2 Å². The van der Waals surface area contributed by atoms with E-state index in [1.165, 1.54) is 37.1 Å².